The minimum atomic E-state index is -0.344. The molecule has 19 heavy (non-hydrogen) atoms. The van der Waals surface area contributed by atoms with Gasteiger partial charge in [-0.1, -0.05) is 38.1 Å². The fourth-order valence-corrected chi connectivity index (χ4v) is 3.34. The lowest BCUT2D eigenvalue weighted by Crippen LogP contribution is -2.15. The fraction of sp³-hybridized carbons (Fsp3) is 0.200. The molecule has 2 aromatic carbocycles. The number of halogens is 1. The molecule has 1 aliphatic rings. The topological polar surface area (TPSA) is 43.1 Å². The number of nitrogens with zero attached hydrogens (tertiary/aromatic N) is 1. The van der Waals surface area contributed by atoms with Crippen LogP contribution in [0, 0.1) is 10.1 Å². The van der Waals surface area contributed by atoms with E-state index in [0.717, 1.165) is 16.7 Å². The number of hydrogen-bond acceptors (Lipinski definition) is 2. The molecule has 0 atom stereocenters. The highest BCUT2D eigenvalue weighted by Crippen LogP contribution is 2.50. The first-order chi connectivity index (χ1) is 8.93. The molecule has 0 fully saturated rings. The fourth-order valence-electron chi connectivity index (χ4n) is 2.85. The van der Waals surface area contributed by atoms with Gasteiger partial charge in [0.2, 0.25) is 0 Å². The summed E-state index contributed by atoms with van der Waals surface area (Å²) in [5.41, 5.74) is 4.41. The van der Waals surface area contributed by atoms with Crippen LogP contribution in [0.2, 0.25) is 0 Å². The molecular formula is C15H12BrNO2. The first kappa shape index (κ1) is 12.4. The van der Waals surface area contributed by atoms with Gasteiger partial charge in [-0.2, -0.15) is 0 Å². The average molecular weight is 318 g/mol. The van der Waals surface area contributed by atoms with Gasteiger partial charge in [-0.3, -0.25) is 10.1 Å². The summed E-state index contributed by atoms with van der Waals surface area (Å²) in [5, 5.41) is 11.1. The molecular weight excluding hydrogens is 306 g/mol. The molecule has 3 rings (SSSR count). The molecule has 0 spiro atoms. The van der Waals surface area contributed by atoms with Crippen molar-refractivity contribution < 1.29 is 4.92 Å². The molecule has 2 aromatic rings. The minimum Gasteiger partial charge on any atom is -0.258 e. The number of hydrogen-bond donors (Lipinski definition) is 0. The van der Waals surface area contributed by atoms with Crippen molar-refractivity contribution in [1.29, 1.82) is 0 Å². The third kappa shape index (κ3) is 1.63. The quantitative estimate of drug-likeness (QED) is 0.567. The average Bonchev–Trinajstić information content (AvgIpc) is 2.58. The molecule has 0 amide bonds. The normalized spacial score (nSPS) is 14.9. The van der Waals surface area contributed by atoms with Crippen molar-refractivity contribution in [1.82, 2.24) is 0 Å². The lowest BCUT2D eigenvalue weighted by molar-refractivity contribution is -0.385. The van der Waals surface area contributed by atoms with Crippen LogP contribution in [0.5, 0.6) is 0 Å². The molecule has 4 heteroatoms. The van der Waals surface area contributed by atoms with Gasteiger partial charge in [0.25, 0.3) is 5.69 Å². The maximum absolute atomic E-state index is 11.1. The Hall–Kier alpha value is -1.68. The van der Waals surface area contributed by atoms with E-state index < -0.39 is 0 Å². The third-order valence-electron chi connectivity index (χ3n) is 3.85. The summed E-state index contributed by atoms with van der Waals surface area (Å²) in [7, 11) is 0. The smallest absolute Gasteiger partial charge is 0.258 e. The Bertz CT molecular complexity index is 707. The second-order valence-corrected chi connectivity index (χ2v) is 6.13. The first-order valence-corrected chi connectivity index (χ1v) is 6.80. The van der Waals surface area contributed by atoms with Gasteiger partial charge in [-0.25, -0.2) is 0 Å². The van der Waals surface area contributed by atoms with E-state index in [-0.39, 0.29) is 16.0 Å². The zero-order chi connectivity index (χ0) is 13.8. The van der Waals surface area contributed by atoms with Crippen LogP contribution in [0.3, 0.4) is 0 Å². The van der Waals surface area contributed by atoms with Crippen molar-refractivity contribution in [3.63, 3.8) is 0 Å². The maximum Gasteiger partial charge on any atom is 0.283 e. The zero-order valence-corrected chi connectivity index (χ0v) is 12.2. The van der Waals surface area contributed by atoms with Crippen LogP contribution in [-0.2, 0) is 5.41 Å². The molecule has 0 aromatic heterocycles. The SMILES string of the molecule is CC1(C)c2ccccc2-c2cc(Br)c([N+](=O)[O-])cc21. The van der Waals surface area contributed by atoms with E-state index in [1.807, 2.05) is 18.2 Å². The molecule has 1 aliphatic carbocycles. The van der Waals surface area contributed by atoms with Gasteiger partial charge in [-0.15, -0.1) is 0 Å². The summed E-state index contributed by atoms with van der Waals surface area (Å²) in [6.45, 7) is 4.21. The molecule has 0 saturated heterocycles. The van der Waals surface area contributed by atoms with E-state index in [1.54, 1.807) is 6.07 Å². The Morgan fingerprint density at radius 2 is 1.79 bits per heavy atom. The Kier molecular flexibility index (Phi) is 2.54. The van der Waals surface area contributed by atoms with Crippen LogP contribution >= 0.6 is 15.9 Å². The number of nitro benzene ring substituents is 1. The van der Waals surface area contributed by atoms with Crippen LogP contribution in [0.1, 0.15) is 25.0 Å². The molecule has 0 unspecified atom stereocenters. The van der Waals surface area contributed by atoms with E-state index in [0.29, 0.717) is 4.47 Å². The molecule has 96 valence electrons. The van der Waals surface area contributed by atoms with E-state index in [1.165, 1.54) is 5.56 Å². The second kappa shape index (κ2) is 3.90. The second-order valence-electron chi connectivity index (χ2n) is 5.28. The molecule has 0 aliphatic heterocycles. The van der Waals surface area contributed by atoms with Crippen LogP contribution < -0.4 is 0 Å². The van der Waals surface area contributed by atoms with Gasteiger partial charge < -0.3 is 0 Å². The number of rotatable bonds is 1. The molecule has 0 N–H and O–H groups in total. The van der Waals surface area contributed by atoms with E-state index in [4.69, 9.17) is 0 Å². The Morgan fingerprint density at radius 1 is 1.11 bits per heavy atom. The monoisotopic (exact) mass is 317 g/mol. The van der Waals surface area contributed by atoms with Crippen LogP contribution in [0.15, 0.2) is 40.9 Å². The van der Waals surface area contributed by atoms with E-state index in [2.05, 4.69) is 41.9 Å². The molecule has 0 radical (unpaired) electrons. The van der Waals surface area contributed by atoms with E-state index in [9.17, 15) is 10.1 Å². The summed E-state index contributed by atoms with van der Waals surface area (Å²) in [6, 6.07) is 11.7. The Morgan fingerprint density at radius 3 is 2.47 bits per heavy atom. The van der Waals surface area contributed by atoms with Crippen LogP contribution in [0.25, 0.3) is 11.1 Å². The van der Waals surface area contributed by atoms with Gasteiger partial charge in [0.15, 0.2) is 0 Å². The zero-order valence-electron chi connectivity index (χ0n) is 10.6. The van der Waals surface area contributed by atoms with Crippen molar-refractivity contribution >= 4 is 21.6 Å². The van der Waals surface area contributed by atoms with Crippen molar-refractivity contribution in [2.75, 3.05) is 0 Å². The Balaban J connectivity index is 2.36. The highest BCUT2D eigenvalue weighted by Gasteiger charge is 2.37. The third-order valence-corrected chi connectivity index (χ3v) is 4.48. The van der Waals surface area contributed by atoms with Crippen LogP contribution in [-0.4, -0.2) is 4.92 Å². The van der Waals surface area contributed by atoms with Crippen molar-refractivity contribution in [3.8, 4) is 11.1 Å². The van der Waals surface area contributed by atoms with Gasteiger partial charge >= 0.3 is 0 Å². The minimum absolute atomic E-state index is 0.125. The predicted molar refractivity (Wildman–Crippen MR) is 78.4 cm³/mol. The first-order valence-electron chi connectivity index (χ1n) is 6.01. The summed E-state index contributed by atoms with van der Waals surface area (Å²) in [5.74, 6) is 0. The van der Waals surface area contributed by atoms with Gasteiger partial charge in [0.1, 0.15) is 0 Å². The highest BCUT2D eigenvalue weighted by atomic mass is 79.9. The molecule has 0 heterocycles. The largest absolute Gasteiger partial charge is 0.283 e. The number of nitro groups is 1. The van der Waals surface area contributed by atoms with Gasteiger partial charge in [-0.05, 0) is 44.3 Å². The standard InChI is InChI=1S/C15H12BrNO2/c1-15(2)11-6-4-3-5-9(11)10-7-13(16)14(17(18)19)8-12(10)15/h3-8H,1-2H3. The summed E-state index contributed by atoms with van der Waals surface area (Å²) < 4.78 is 0.531. The summed E-state index contributed by atoms with van der Waals surface area (Å²) in [6.07, 6.45) is 0. The predicted octanol–water partition coefficient (Wildman–Crippen LogP) is 4.66. The maximum atomic E-state index is 11.1. The van der Waals surface area contributed by atoms with Gasteiger partial charge in [0.05, 0.1) is 9.40 Å². The lowest BCUT2D eigenvalue weighted by atomic mass is 9.82. The van der Waals surface area contributed by atoms with Gasteiger partial charge in [0, 0.05) is 11.5 Å². The summed E-state index contributed by atoms with van der Waals surface area (Å²) in [4.78, 5) is 10.7. The lowest BCUT2D eigenvalue weighted by Gasteiger charge is -2.21. The van der Waals surface area contributed by atoms with Crippen molar-refractivity contribution in [2.24, 2.45) is 0 Å². The highest BCUT2D eigenvalue weighted by molar-refractivity contribution is 9.10. The van der Waals surface area contributed by atoms with E-state index >= 15 is 0 Å². The van der Waals surface area contributed by atoms with Crippen molar-refractivity contribution in [3.05, 3.63) is 62.1 Å². The van der Waals surface area contributed by atoms with Crippen LogP contribution in [0.4, 0.5) is 5.69 Å². The number of benzene rings is 2. The van der Waals surface area contributed by atoms with Crippen molar-refractivity contribution in [2.45, 2.75) is 19.3 Å². The molecule has 3 nitrogen and oxygen atoms in total. The summed E-state index contributed by atoms with van der Waals surface area (Å²) >= 11 is 3.30. The molecule has 0 saturated carbocycles. The Labute approximate surface area is 119 Å². The molecule has 0 bridgehead atoms. The number of fused-ring (bicyclic) bond motifs is 3.